The van der Waals surface area contributed by atoms with Crippen molar-refractivity contribution in [2.24, 2.45) is 0 Å². The highest BCUT2D eigenvalue weighted by Gasteiger charge is 2.12. The zero-order chi connectivity index (χ0) is 20.1. The molecule has 0 unspecified atom stereocenters. The number of halogens is 2. The summed E-state index contributed by atoms with van der Waals surface area (Å²) in [4.78, 5) is 27.3. The molecule has 0 bridgehead atoms. The molecule has 0 spiro atoms. The minimum Gasteiger partial charge on any atom is -0.484 e. The molecule has 0 aliphatic carbocycles. The second-order valence-electron chi connectivity index (χ2n) is 5.70. The molecule has 3 aromatic rings. The zero-order valence-corrected chi connectivity index (χ0v) is 17.1. The number of hydrogen-bond donors (Lipinski definition) is 2. The van der Waals surface area contributed by atoms with Crippen molar-refractivity contribution in [2.45, 2.75) is 6.92 Å². The number of thiazole rings is 1. The number of nitrogens with zero attached hydrogens (tertiary/aromatic N) is 1. The third-order valence-corrected chi connectivity index (χ3v) is 4.79. The Kier molecular flexibility index (Phi) is 6.37. The Morgan fingerprint density at radius 1 is 1.18 bits per heavy atom. The number of benzene rings is 2. The average Bonchev–Trinajstić information content (AvgIpc) is 3.09. The molecule has 9 heteroatoms. The highest BCUT2D eigenvalue weighted by Crippen LogP contribution is 2.28. The lowest BCUT2D eigenvalue weighted by Gasteiger charge is -2.06. The van der Waals surface area contributed by atoms with Crippen LogP contribution in [0, 0.1) is 5.82 Å². The van der Waals surface area contributed by atoms with Gasteiger partial charge in [0.2, 0.25) is 5.91 Å². The molecule has 0 radical (unpaired) electrons. The molecule has 0 aliphatic heterocycles. The van der Waals surface area contributed by atoms with Gasteiger partial charge in [-0.1, -0.05) is 15.9 Å². The van der Waals surface area contributed by atoms with E-state index in [0.29, 0.717) is 22.3 Å². The van der Waals surface area contributed by atoms with Crippen LogP contribution in [0.1, 0.15) is 6.92 Å². The first-order chi connectivity index (χ1) is 13.4. The van der Waals surface area contributed by atoms with E-state index in [9.17, 15) is 14.0 Å². The number of carbonyl (C=O) groups excluding carboxylic acids is 2. The predicted molar refractivity (Wildman–Crippen MR) is 110 cm³/mol. The molecule has 6 nitrogen and oxygen atoms in total. The number of anilines is 2. The lowest BCUT2D eigenvalue weighted by atomic mass is 10.1. The molecule has 3 rings (SSSR count). The maximum Gasteiger partial charge on any atom is 0.264 e. The molecule has 0 atom stereocenters. The number of rotatable bonds is 6. The zero-order valence-electron chi connectivity index (χ0n) is 14.7. The summed E-state index contributed by atoms with van der Waals surface area (Å²) in [5.74, 6) is -0.603. The van der Waals surface area contributed by atoms with Crippen LogP contribution >= 0.6 is 27.3 Å². The summed E-state index contributed by atoms with van der Waals surface area (Å²) in [7, 11) is 0. The summed E-state index contributed by atoms with van der Waals surface area (Å²) in [6.07, 6.45) is 0. The van der Waals surface area contributed by atoms with E-state index in [0.717, 1.165) is 4.47 Å². The van der Waals surface area contributed by atoms with Crippen LogP contribution in [0.15, 0.2) is 52.3 Å². The van der Waals surface area contributed by atoms with Gasteiger partial charge in [0.25, 0.3) is 5.91 Å². The number of amides is 2. The van der Waals surface area contributed by atoms with Crippen LogP contribution in [0.25, 0.3) is 11.3 Å². The van der Waals surface area contributed by atoms with E-state index in [4.69, 9.17) is 4.74 Å². The molecule has 0 fully saturated rings. The molecule has 144 valence electrons. The van der Waals surface area contributed by atoms with Crippen LogP contribution in [0.5, 0.6) is 5.75 Å². The second kappa shape index (κ2) is 8.94. The number of ether oxygens (including phenoxy) is 1. The van der Waals surface area contributed by atoms with E-state index in [-0.39, 0.29) is 24.0 Å². The molecule has 2 amide bonds. The lowest BCUT2D eigenvalue weighted by Crippen LogP contribution is -2.20. The first kappa shape index (κ1) is 20.0. The normalized spacial score (nSPS) is 10.4. The molecule has 0 saturated carbocycles. The standard InChI is InChI=1S/C19H15BrFN3O3S/c1-11(25)22-13-4-7-15(16(21)8-13)17-10-28-19(23-17)24-18(26)9-27-14-5-2-12(20)3-6-14/h2-8,10H,9H2,1H3,(H,22,25)(H,23,24,26). The van der Waals surface area contributed by atoms with Gasteiger partial charge in [-0.25, -0.2) is 9.37 Å². The van der Waals surface area contributed by atoms with Crippen molar-refractivity contribution in [1.29, 1.82) is 0 Å². The summed E-state index contributed by atoms with van der Waals surface area (Å²) in [6.45, 7) is 1.18. The smallest absolute Gasteiger partial charge is 0.264 e. The number of hydrogen-bond acceptors (Lipinski definition) is 5. The number of nitrogens with one attached hydrogen (secondary N) is 2. The van der Waals surface area contributed by atoms with Crippen LogP contribution in [0.3, 0.4) is 0 Å². The Morgan fingerprint density at radius 3 is 2.61 bits per heavy atom. The van der Waals surface area contributed by atoms with E-state index in [1.807, 2.05) is 12.1 Å². The third-order valence-electron chi connectivity index (χ3n) is 3.50. The van der Waals surface area contributed by atoms with Crippen molar-refractivity contribution < 1.29 is 18.7 Å². The molecule has 1 heterocycles. The molecule has 2 N–H and O–H groups in total. The van der Waals surface area contributed by atoms with Crippen LogP contribution < -0.4 is 15.4 Å². The van der Waals surface area contributed by atoms with Crippen molar-refractivity contribution >= 4 is 49.9 Å². The van der Waals surface area contributed by atoms with Crippen LogP contribution in [-0.4, -0.2) is 23.4 Å². The van der Waals surface area contributed by atoms with Crippen molar-refractivity contribution in [1.82, 2.24) is 4.98 Å². The van der Waals surface area contributed by atoms with Crippen molar-refractivity contribution in [2.75, 3.05) is 17.2 Å². The summed E-state index contributed by atoms with van der Waals surface area (Å²) >= 11 is 4.50. The largest absolute Gasteiger partial charge is 0.484 e. The summed E-state index contributed by atoms with van der Waals surface area (Å²) in [5.41, 5.74) is 1.03. The maximum atomic E-state index is 14.3. The van der Waals surface area contributed by atoms with E-state index >= 15 is 0 Å². The molecule has 1 aromatic heterocycles. The van der Waals surface area contributed by atoms with Gasteiger partial charge in [0.1, 0.15) is 11.6 Å². The van der Waals surface area contributed by atoms with E-state index < -0.39 is 5.82 Å². The molecular weight excluding hydrogens is 449 g/mol. The topological polar surface area (TPSA) is 80.3 Å². The second-order valence-corrected chi connectivity index (χ2v) is 7.48. The molecule has 0 aliphatic rings. The van der Waals surface area contributed by atoms with Crippen LogP contribution in [-0.2, 0) is 9.59 Å². The first-order valence-corrected chi connectivity index (χ1v) is 9.79. The molecule has 2 aromatic carbocycles. The number of carbonyl (C=O) groups is 2. The Balaban J connectivity index is 1.61. The summed E-state index contributed by atoms with van der Waals surface area (Å²) in [5, 5.41) is 7.12. The Labute approximate surface area is 172 Å². The fourth-order valence-corrected chi connectivity index (χ4v) is 3.28. The van der Waals surface area contributed by atoms with Gasteiger partial charge in [-0.05, 0) is 42.5 Å². The number of aromatic nitrogens is 1. The lowest BCUT2D eigenvalue weighted by molar-refractivity contribution is -0.118. The minimum atomic E-state index is -0.520. The molecular formula is C19H15BrFN3O3S. The molecule has 0 saturated heterocycles. The van der Waals surface area contributed by atoms with Crippen molar-refractivity contribution in [3.8, 4) is 17.0 Å². The van der Waals surface area contributed by atoms with E-state index in [1.165, 1.54) is 30.4 Å². The van der Waals surface area contributed by atoms with Gasteiger partial charge in [0.05, 0.1) is 5.69 Å². The Hall–Kier alpha value is -2.78. The maximum absolute atomic E-state index is 14.3. The monoisotopic (exact) mass is 463 g/mol. The van der Waals surface area contributed by atoms with Crippen LogP contribution in [0.4, 0.5) is 15.2 Å². The van der Waals surface area contributed by atoms with Gasteiger partial charge >= 0.3 is 0 Å². The predicted octanol–water partition coefficient (Wildman–Crippen LogP) is 4.69. The van der Waals surface area contributed by atoms with Gasteiger partial charge in [-0.2, -0.15) is 0 Å². The van der Waals surface area contributed by atoms with E-state index in [1.54, 1.807) is 23.6 Å². The Bertz CT molecular complexity index is 1010. The first-order valence-electron chi connectivity index (χ1n) is 8.12. The minimum absolute atomic E-state index is 0.170. The Morgan fingerprint density at radius 2 is 1.93 bits per heavy atom. The van der Waals surface area contributed by atoms with Gasteiger partial charge in [0, 0.05) is 28.0 Å². The SMILES string of the molecule is CC(=O)Nc1ccc(-c2csc(NC(=O)COc3ccc(Br)cc3)n2)c(F)c1. The fraction of sp³-hybridized carbons (Fsp3) is 0.105. The highest BCUT2D eigenvalue weighted by molar-refractivity contribution is 9.10. The van der Waals surface area contributed by atoms with Gasteiger partial charge in [-0.15, -0.1) is 11.3 Å². The summed E-state index contributed by atoms with van der Waals surface area (Å²) in [6, 6.07) is 11.4. The van der Waals surface area contributed by atoms with Crippen molar-refractivity contribution in [3.63, 3.8) is 0 Å². The highest BCUT2D eigenvalue weighted by atomic mass is 79.9. The molecule has 28 heavy (non-hydrogen) atoms. The van der Waals surface area contributed by atoms with Gasteiger partial charge < -0.3 is 10.1 Å². The van der Waals surface area contributed by atoms with Crippen molar-refractivity contribution in [3.05, 3.63) is 58.1 Å². The van der Waals surface area contributed by atoms with E-state index in [2.05, 4.69) is 31.5 Å². The van der Waals surface area contributed by atoms with Crippen LogP contribution in [0.2, 0.25) is 0 Å². The summed E-state index contributed by atoms with van der Waals surface area (Å²) < 4.78 is 20.6. The third kappa shape index (κ3) is 5.37. The quantitative estimate of drug-likeness (QED) is 0.555. The fourth-order valence-electron chi connectivity index (χ4n) is 2.29. The van der Waals surface area contributed by atoms with Gasteiger partial charge in [0.15, 0.2) is 11.7 Å². The average molecular weight is 464 g/mol. The van der Waals surface area contributed by atoms with Gasteiger partial charge in [-0.3, -0.25) is 14.9 Å².